The van der Waals surface area contributed by atoms with Crippen LogP contribution in [-0.4, -0.2) is 24.8 Å². The number of nitrogen functional groups attached to an aromatic ring is 1. The number of hydrogen-bond acceptors (Lipinski definition) is 4. The third-order valence-corrected chi connectivity index (χ3v) is 5.06. The van der Waals surface area contributed by atoms with E-state index in [1.165, 1.54) is 11.4 Å². The Bertz CT molecular complexity index is 679. The van der Waals surface area contributed by atoms with E-state index in [1.54, 1.807) is 43.6 Å². The molecule has 0 amide bonds. The van der Waals surface area contributed by atoms with Crippen LogP contribution >= 0.6 is 0 Å². The highest BCUT2D eigenvalue weighted by Gasteiger charge is 2.25. The monoisotopic (exact) mass is 291 g/mol. The fourth-order valence-electron chi connectivity index (χ4n) is 2.02. The van der Waals surface area contributed by atoms with Gasteiger partial charge in [-0.3, -0.25) is 4.98 Å². The van der Waals surface area contributed by atoms with Crippen LogP contribution in [0.5, 0.6) is 0 Å². The molecule has 1 aromatic heterocycles. The van der Waals surface area contributed by atoms with Gasteiger partial charge >= 0.3 is 0 Å². The molecule has 20 heavy (non-hydrogen) atoms. The van der Waals surface area contributed by atoms with Gasteiger partial charge in [0.05, 0.1) is 5.69 Å². The van der Waals surface area contributed by atoms with Gasteiger partial charge in [-0.15, -0.1) is 0 Å². The van der Waals surface area contributed by atoms with Gasteiger partial charge < -0.3 is 5.73 Å². The van der Waals surface area contributed by atoms with Gasteiger partial charge in [0, 0.05) is 26.0 Å². The summed E-state index contributed by atoms with van der Waals surface area (Å²) in [5, 5.41) is 0. The molecule has 0 saturated carbocycles. The van der Waals surface area contributed by atoms with Crippen molar-refractivity contribution in [1.82, 2.24) is 9.29 Å². The first-order valence-electron chi connectivity index (χ1n) is 6.13. The topological polar surface area (TPSA) is 76.3 Å². The van der Waals surface area contributed by atoms with Gasteiger partial charge in [-0.2, -0.15) is 4.31 Å². The molecule has 2 N–H and O–H groups in total. The lowest BCUT2D eigenvalue weighted by Crippen LogP contribution is -2.28. The molecule has 0 aliphatic carbocycles. The highest BCUT2D eigenvalue weighted by Crippen LogP contribution is 2.25. The molecular weight excluding hydrogens is 274 g/mol. The Labute approximate surface area is 119 Å². The van der Waals surface area contributed by atoms with Gasteiger partial charge in [-0.25, -0.2) is 8.42 Å². The van der Waals surface area contributed by atoms with Crippen LogP contribution in [0, 0.1) is 6.92 Å². The Morgan fingerprint density at radius 3 is 2.60 bits per heavy atom. The van der Waals surface area contributed by atoms with Gasteiger partial charge in [-0.05, 0) is 30.2 Å². The standard InChI is InChI=1S/C14H17N3O2S/c1-11-5-3-7-13(15)14(11)20(18,19)17(2)10-12-6-4-8-16-9-12/h3-9H,10,15H2,1-2H3. The number of sulfonamides is 1. The molecule has 0 fully saturated rings. The summed E-state index contributed by atoms with van der Waals surface area (Å²) in [6, 6.07) is 8.68. The normalized spacial score (nSPS) is 11.8. The van der Waals surface area contributed by atoms with Crippen molar-refractivity contribution >= 4 is 15.7 Å². The Hall–Kier alpha value is -1.92. The Balaban J connectivity index is 2.35. The predicted molar refractivity (Wildman–Crippen MR) is 78.5 cm³/mol. The summed E-state index contributed by atoms with van der Waals surface area (Å²) in [5.74, 6) is 0. The molecule has 0 spiro atoms. The summed E-state index contributed by atoms with van der Waals surface area (Å²) in [7, 11) is -2.08. The molecule has 2 aromatic rings. The number of anilines is 1. The van der Waals surface area contributed by atoms with Gasteiger partial charge in [0.15, 0.2) is 0 Å². The van der Waals surface area contributed by atoms with E-state index < -0.39 is 10.0 Å². The second kappa shape index (κ2) is 5.60. The van der Waals surface area contributed by atoms with Crippen LogP contribution in [0.25, 0.3) is 0 Å². The number of hydrogen-bond donors (Lipinski definition) is 1. The second-order valence-electron chi connectivity index (χ2n) is 4.62. The smallest absolute Gasteiger partial charge is 0.245 e. The maximum Gasteiger partial charge on any atom is 0.245 e. The predicted octanol–water partition coefficient (Wildman–Crippen LogP) is 1.79. The van der Waals surface area contributed by atoms with Crippen molar-refractivity contribution in [3.05, 3.63) is 53.9 Å². The summed E-state index contributed by atoms with van der Waals surface area (Å²) in [4.78, 5) is 4.15. The van der Waals surface area contributed by atoms with Crippen molar-refractivity contribution in [2.75, 3.05) is 12.8 Å². The number of aromatic nitrogens is 1. The molecule has 106 valence electrons. The fraction of sp³-hybridized carbons (Fsp3) is 0.214. The van der Waals surface area contributed by atoms with Crippen LogP contribution in [0.2, 0.25) is 0 Å². The Morgan fingerprint density at radius 2 is 2.00 bits per heavy atom. The maximum absolute atomic E-state index is 12.6. The lowest BCUT2D eigenvalue weighted by Gasteiger charge is -2.19. The third-order valence-electron chi connectivity index (χ3n) is 3.04. The lowest BCUT2D eigenvalue weighted by molar-refractivity contribution is 0.466. The fourth-order valence-corrected chi connectivity index (χ4v) is 3.49. The molecule has 0 bridgehead atoms. The minimum atomic E-state index is -3.62. The molecule has 0 radical (unpaired) electrons. The number of rotatable bonds is 4. The zero-order valence-corrected chi connectivity index (χ0v) is 12.3. The molecule has 0 aliphatic heterocycles. The SMILES string of the molecule is Cc1cccc(N)c1S(=O)(=O)N(C)Cc1cccnc1. The van der Waals surface area contributed by atoms with Crippen molar-refractivity contribution in [2.45, 2.75) is 18.4 Å². The van der Waals surface area contributed by atoms with E-state index in [2.05, 4.69) is 4.98 Å². The van der Waals surface area contributed by atoms with Gasteiger partial charge in [-0.1, -0.05) is 18.2 Å². The molecule has 6 heteroatoms. The van der Waals surface area contributed by atoms with E-state index in [0.717, 1.165) is 5.56 Å². The van der Waals surface area contributed by atoms with E-state index in [4.69, 9.17) is 5.73 Å². The average molecular weight is 291 g/mol. The molecule has 1 aromatic carbocycles. The zero-order valence-electron chi connectivity index (χ0n) is 11.4. The third kappa shape index (κ3) is 2.81. The first-order valence-corrected chi connectivity index (χ1v) is 7.57. The quantitative estimate of drug-likeness (QED) is 0.871. The van der Waals surface area contributed by atoms with Crippen LogP contribution in [0.3, 0.4) is 0 Å². The summed E-state index contributed by atoms with van der Waals surface area (Å²) < 4.78 is 26.5. The summed E-state index contributed by atoms with van der Waals surface area (Å²) in [6.45, 7) is 1.99. The lowest BCUT2D eigenvalue weighted by atomic mass is 10.2. The van der Waals surface area contributed by atoms with E-state index in [1.807, 2.05) is 6.07 Å². The first-order chi connectivity index (χ1) is 9.43. The van der Waals surface area contributed by atoms with Crippen molar-refractivity contribution in [3.63, 3.8) is 0 Å². The summed E-state index contributed by atoms with van der Waals surface area (Å²) in [5.41, 5.74) is 7.55. The zero-order chi connectivity index (χ0) is 14.8. The van der Waals surface area contributed by atoms with E-state index >= 15 is 0 Å². The van der Waals surface area contributed by atoms with Crippen LogP contribution in [-0.2, 0) is 16.6 Å². The molecule has 1 heterocycles. The number of nitrogens with zero attached hydrogens (tertiary/aromatic N) is 2. The van der Waals surface area contributed by atoms with E-state index in [0.29, 0.717) is 5.56 Å². The van der Waals surface area contributed by atoms with Crippen molar-refractivity contribution in [1.29, 1.82) is 0 Å². The molecule has 5 nitrogen and oxygen atoms in total. The molecule has 0 saturated heterocycles. The Morgan fingerprint density at radius 1 is 1.25 bits per heavy atom. The summed E-state index contributed by atoms with van der Waals surface area (Å²) in [6.07, 6.45) is 3.30. The number of pyridine rings is 1. The average Bonchev–Trinajstić information content (AvgIpc) is 2.39. The van der Waals surface area contributed by atoms with Crippen LogP contribution < -0.4 is 5.73 Å². The van der Waals surface area contributed by atoms with Gasteiger partial charge in [0.2, 0.25) is 10.0 Å². The first kappa shape index (κ1) is 14.5. The highest BCUT2D eigenvalue weighted by molar-refractivity contribution is 7.89. The highest BCUT2D eigenvalue weighted by atomic mass is 32.2. The van der Waals surface area contributed by atoms with Crippen molar-refractivity contribution in [2.24, 2.45) is 0 Å². The molecular formula is C14H17N3O2S. The van der Waals surface area contributed by atoms with Crippen LogP contribution in [0.15, 0.2) is 47.6 Å². The largest absolute Gasteiger partial charge is 0.398 e. The van der Waals surface area contributed by atoms with Gasteiger partial charge in [0.25, 0.3) is 0 Å². The molecule has 0 aliphatic rings. The summed E-state index contributed by atoms with van der Waals surface area (Å²) >= 11 is 0. The maximum atomic E-state index is 12.6. The molecule has 0 atom stereocenters. The van der Waals surface area contributed by atoms with Crippen LogP contribution in [0.1, 0.15) is 11.1 Å². The van der Waals surface area contributed by atoms with Gasteiger partial charge in [0.1, 0.15) is 4.90 Å². The van der Waals surface area contributed by atoms with Crippen molar-refractivity contribution in [3.8, 4) is 0 Å². The minimum absolute atomic E-state index is 0.173. The van der Waals surface area contributed by atoms with Crippen molar-refractivity contribution < 1.29 is 8.42 Å². The van der Waals surface area contributed by atoms with E-state index in [9.17, 15) is 8.42 Å². The number of aryl methyl sites for hydroxylation is 1. The number of benzene rings is 1. The molecule has 2 rings (SSSR count). The van der Waals surface area contributed by atoms with E-state index in [-0.39, 0.29) is 17.1 Å². The Kier molecular flexibility index (Phi) is 4.06. The number of nitrogens with two attached hydrogens (primary N) is 1. The second-order valence-corrected chi connectivity index (χ2v) is 6.60. The molecule has 0 unspecified atom stereocenters. The minimum Gasteiger partial charge on any atom is -0.398 e. The van der Waals surface area contributed by atoms with Crippen LogP contribution in [0.4, 0.5) is 5.69 Å².